The third-order valence-electron chi connectivity index (χ3n) is 4.00. The number of nitrogens with one attached hydrogen (secondary N) is 1. The second kappa shape index (κ2) is 9.20. The van der Waals surface area contributed by atoms with E-state index in [1.807, 2.05) is 54.6 Å². The minimum Gasteiger partial charge on any atom is -0.489 e. The number of carbonyl (C=O) groups is 1. The van der Waals surface area contributed by atoms with Crippen LogP contribution >= 0.6 is 11.6 Å². The maximum Gasteiger partial charge on any atom is 0.273 e. The molecule has 0 aliphatic heterocycles. The molecule has 0 unspecified atom stereocenters. The molecule has 0 aliphatic carbocycles. The summed E-state index contributed by atoms with van der Waals surface area (Å²) in [7, 11) is 0. The van der Waals surface area contributed by atoms with E-state index in [1.165, 1.54) is 0 Å². The molecule has 0 fully saturated rings. The van der Waals surface area contributed by atoms with Crippen molar-refractivity contribution in [3.8, 4) is 5.75 Å². The number of hydrogen-bond donors (Lipinski definition) is 1. The Morgan fingerprint density at radius 3 is 2.64 bits per heavy atom. The molecule has 0 spiro atoms. The van der Waals surface area contributed by atoms with Gasteiger partial charge in [0.05, 0.1) is 0 Å². The van der Waals surface area contributed by atoms with Gasteiger partial charge in [-0.3, -0.25) is 4.79 Å². The standard InChI is InChI=1S/C23H21ClN2O2/c1-16(2)25-23(27)21-10-6-9-20(26-21)14-18-13-19(24)11-12-22(18)28-15-17-7-4-3-5-8-17/h3-13H,1,14-15H2,2H3,(H,25,27). The molecule has 1 aromatic heterocycles. The van der Waals surface area contributed by atoms with Gasteiger partial charge in [-0.2, -0.15) is 0 Å². The molecule has 2 aromatic carbocycles. The molecule has 142 valence electrons. The molecule has 0 aliphatic rings. The Hall–Kier alpha value is -3.11. The van der Waals surface area contributed by atoms with Gasteiger partial charge in [0.2, 0.25) is 0 Å². The molecule has 1 N–H and O–H groups in total. The summed E-state index contributed by atoms with van der Waals surface area (Å²) >= 11 is 6.19. The van der Waals surface area contributed by atoms with E-state index in [-0.39, 0.29) is 5.91 Å². The van der Waals surface area contributed by atoms with Crippen LogP contribution in [0.1, 0.15) is 34.2 Å². The summed E-state index contributed by atoms with van der Waals surface area (Å²) in [6, 6.07) is 20.8. The summed E-state index contributed by atoms with van der Waals surface area (Å²) in [6.07, 6.45) is 0.499. The fourth-order valence-corrected chi connectivity index (χ4v) is 2.91. The highest BCUT2D eigenvalue weighted by Gasteiger charge is 2.11. The molecule has 28 heavy (non-hydrogen) atoms. The summed E-state index contributed by atoms with van der Waals surface area (Å²) < 4.78 is 6.00. The number of carbonyl (C=O) groups excluding carboxylic acids is 1. The van der Waals surface area contributed by atoms with E-state index in [4.69, 9.17) is 16.3 Å². The summed E-state index contributed by atoms with van der Waals surface area (Å²) in [5.74, 6) is 0.466. The average molecular weight is 393 g/mol. The quantitative estimate of drug-likeness (QED) is 0.603. The average Bonchev–Trinajstić information content (AvgIpc) is 2.68. The van der Waals surface area contributed by atoms with Crippen LogP contribution in [0, 0.1) is 0 Å². The molecular formula is C23H21ClN2O2. The SMILES string of the molecule is C=C(C)NC(=O)c1cccc(Cc2cc(Cl)ccc2OCc2ccccc2)n1. The predicted octanol–water partition coefficient (Wildman–Crippen LogP) is 5.17. The van der Waals surface area contributed by atoms with E-state index in [9.17, 15) is 4.79 Å². The summed E-state index contributed by atoms with van der Waals surface area (Å²) in [5.41, 5.74) is 3.66. The van der Waals surface area contributed by atoms with Gasteiger partial charge in [-0.05, 0) is 42.8 Å². The highest BCUT2D eigenvalue weighted by molar-refractivity contribution is 6.30. The molecule has 0 radical (unpaired) electrons. The summed E-state index contributed by atoms with van der Waals surface area (Å²) in [5, 5.41) is 3.29. The van der Waals surface area contributed by atoms with Crippen LogP contribution in [-0.2, 0) is 13.0 Å². The van der Waals surface area contributed by atoms with Crippen LogP contribution in [0.4, 0.5) is 0 Å². The number of benzene rings is 2. The van der Waals surface area contributed by atoms with Crippen molar-refractivity contribution in [2.45, 2.75) is 20.0 Å². The van der Waals surface area contributed by atoms with E-state index in [0.717, 1.165) is 22.6 Å². The molecule has 0 atom stereocenters. The van der Waals surface area contributed by atoms with Crippen molar-refractivity contribution in [1.82, 2.24) is 10.3 Å². The number of rotatable bonds is 7. The maximum atomic E-state index is 12.2. The van der Waals surface area contributed by atoms with Gasteiger partial charge in [0.15, 0.2) is 0 Å². The van der Waals surface area contributed by atoms with Gasteiger partial charge >= 0.3 is 0 Å². The van der Waals surface area contributed by atoms with Gasteiger partial charge in [0.1, 0.15) is 18.1 Å². The van der Waals surface area contributed by atoms with Crippen LogP contribution < -0.4 is 10.1 Å². The summed E-state index contributed by atoms with van der Waals surface area (Å²) in [4.78, 5) is 16.6. The van der Waals surface area contributed by atoms with Crippen LogP contribution in [0.2, 0.25) is 5.02 Å². The van der Waals surface area contributed by atoms with Gasteiger partial charge in [0.25, 0.3) is 5.91 Å². The molecule has 4 nitrogen and oxygen atoms in total. The number of allylic oxidation sites excluding steroid dienone is 1. The van der Waals surface area contributed by atoms with Crippen molar-refractivity contribution < 1.29 is 9.53 Å². The first-order valence-electron chi connectivity index (χ1n) is 8.89. The zero-order chi connectivity index (χ0) is 19.9. The first-order chi connectivity index (χ1) is 13.5. The van der Waals surface area contributed by atoms with Crippen molar-refractivity contribution in [3.63, 3.8) is 0 Å². The Balaban J connectivity index is 1.79. The fraction of sp³-hybridized carbons (Fsp3) is 0.130. The van der Waals surface area contributed by atoms with Crippen LogP contribution in [0.15, 0.2) is 79.0 Å². The lowest BCUT2D eigenvalue weighted by Crippen LogP contribution is -2.22. The number of pyridine rings is 1. The zero-order valence-electron chi connectivity index (χ0n) is 15.6. The first kappa shape index (κ1) is 19.6. The molecule has 3 aromatic rings. The van der Waals surface area contributed by atoms with E-state index < -0.39 is 0 Å². The van der Waals surface area contributed by atoms with Gasteiger partial charge in [-0.15, -0.1) is 0 Å². The number of ether oxygens (including phenoxy) is 1. The first-order valence-corrected chi connectivity index (χ1v) is 9.27. The molecule has 0 saturated heterocycles. The maximum absolute atomic E-state index is 12.2. The Bertz CT molecular complexity index is 987. The third-order valence-corrected chi connectivity index (χ3v) is 4.23. The van der Waals surface area contributed by atoms with E-state index in [0.29, 0.717) is 29.4 Å². The highest BCUT2D eigenvalue weighted by Crippen LogP contribution is 2.26. The third kappa shape index (κ3) is 5.44. The molecule has 5 heteroatoms. The molecule has 0 saturated carbocycles. The van der Waals surface area contributed by atoms with Gasteiger partial charge in [-0.1, -0.05) is 54.6 Å². The van der Waals surface area contributed by atoms with Crippen molar-refractivity contribution in [1.29, 1.82) is 0 Å². The number of nitrogens with zero attached hydrogens (tertiary/aromatic N) is 1. The molecule has 3 rings (SSSR count). The molecule has 1 heterocycles. The fourth-order valence-electron chi connectivity index (χ4n) is 2.72. The van der Waals surface area contributed by atoms with Crippen LogP contribution in [0.25, 0.3) is 0 Å². The van der Waals surface area contributed by atoms with E-state index >= 15 is 0 Å². The zero-order valence-corrected chi connectivity index (χ0v) is 16.4. The van der Waals surface area contributed by atoms with Gasteiger partial charge < -0.3 is 10.1 Å². The van der Waals surface area contributed by atoms with E-state index in [1.54, 1.807) is 19.1 Å². The number of amides is 1. The minimum absolute atomic E-state index is 0.277. The normalized spacial score (nSPS) is 10.4. The lowest BCUT2D eigenvalue weighted by molar-refractivity contribution is 0.0961. The lowest BCUT2D eigenvalue weighted by Gasteiger charge is -2.12. The number of hydrogen-bond acceptors (Lipinski definition) is 3. The monoisotopic (exact) mass is 392 g/mol. The van der Waals surface area contributed by atoms with Crippen molar-refractivity contribution in [3.05, 3.63) is 107 Å². The Morgan fingerprint density at radius 2 is 1.89 bits per heavy atom. The summed E-state index contributed by atoms with van der Waals surface area (Å²) in [6.45, 7) is 5.88. The van der Waals surface area contributed by atoms with Crippen LogP contribution in [-0.4, -0.2) is 10.9 Å². The van der Waals surface area contributed by atoms with Crippen molar-refractivity contribution >= 4 is 17.5 Å². The molecule has 0 bridgehead atoms. The van der Waals surface area contributed by atoms with Crippen molar-refractivity contribution in [2.75, 3.05) is 0 Å². The Labute approximate surface area is 169 Å². The largest absolute Gasteiger partial charge is 0.489 e. The molecular weight excluding hydrogens is 372 g/mol. The molecule has 1 amide bonds. The smallest absolute Gasteiger partial charge is 0.273 e. The number of halogens is 1. The number of aromatic nitrogens is 1. The highest BCUT2D eigenvalue weighted by atomic mass is 35.5. The topological polar surface area (TPSA) is 51.2 Å². The van der Waals surface area contributed by atoms with Crippen LogP contribution in [0.3, 0.4) is 0 Å². The van der Waals surface area contributed by atoms with E-state index in [2.05, 4.69) is 16.9 Å². The Morgan fingerprint density at radius 1 is 1.11 bits per heavy atom. The van der Waals surface area contributed by atoms with Gasteiger partial charge in [0, 0.05) is 28.4 Å². The van der Waals surface area contributed by atoms with Crippen molar-refractivity contribution in [2.24, 2.45) is 0 Å². The second-order valence-electron chi connectivity index (χ2n) is 6.45. The Kier molecular flexibility index (Phi) is 6.45. The van der Waals surface area contributed by atoms with Crippen LogP contribution in [0.5, 0.6) is 5.75 Å². The second-order valence-corrected chi connectivity index (χ2v) is 6.89. The lowest BCUT2D eigenvalue weighted by atomic mass is 10.1. The predicted molar refractivity (Wildman–Crippen MR) is 112 cm³/mol. The minimum atomic E-state index is -0.277. The van der Waals surface area contributed by atoms with Gasteiger partial charge in [-0.25, -0.2) is 4.98 Å².